The molecule has 0 unspecified atom stereocenters. The molecule has 0 aliphatic carbocycles. The molecule has 0 aliphatic rings. The highest BCUT2D eigenvalue weighted by atomic mass is 32.2. The predicted molar refractivity (Wildman–Crippen MR) is 88.0 cm³/mol. The Labute approximate surface area is 128 Å². The number of anilines is 1. The molecular formula is C15H20N2OS2. The third-order valence-corrected chi connectivity index (χ3v) is 4.95. The third-order valence-electron chi connectivity index (χ3n) is 2.96. The van der Waals surface area contributed by atoms with Crippen LogP contribution in [0, 0.1) is 6.92 Å². The summed E-state index contributed by atoms with van der Waals surface area (Å²) in [7, 11) is 0. The highest BCUT2D eigenvalue weighted by Gasteiger charge is 2.05. The van der Waals surface area contributed by atoms with Gasteiger partial charge in [-0.15, -0.1) is 11.8 Å². The van der Waals surface area contributed by atoms with Gasteiger partial charge in [0.05, 0.1) is 17.0 Å². The van der Waals surface area contributed by atoms with Crippen LogP contribution in [0.1, 0.15) is 30.9 Å². The first-order valence-corrected chi connectivity index (χ1v) is 8.44. The zero-order valence-electron chi connectivity index (χ0n) is 12.1. The van der Waals surface area contributed by atoms with Gasteiger partial charge in [0.15, 0.2) is 5.13 Å². The van der Waals surface area contributed by atoms with Crippen molar-refractivity contribution < 1.29 is 4.74 Å². The van der Waals surface area contributed by atoms with Crippen molar-refractivity contribution in [3.05, 3.63) is 35.5 Å². The number of hydrogen-bond acceptors (Lipinski definition) is 5. The molecule has 0 amide bonds. The minimum Gasteiger partial charge on any atom is -0.493 e. The molecule has 20 heavy (non-hydrogen) atoms. The van der Waals surface area contributed by atoms with Gasteiger partial charge in [-0.05, 0) is 36.1 Å². The first kappa shape index (κ1) is 15.2. The van der Waals surface area contributed by atoms with Crippen LogP contribution >= 0.6 is 23.1 Å². The van der Waals surface area contributed by atoms with E-state index in [9.17, 15) is 0 Å². The van der Waals surface area contributed by atoms with E-state index < -0.39 is 0 Å². The third kappa shape index (κ3) is 4.15. The maximum atomic E-state index is 5.78. The molecule has 0 saturated heterocycles. The Kier molecular flexibility index (Phi) is 5.31. The van der Waals surface area contributed by atoms with Crippen molar-refractivity contribution in [2.75, 3.05) is 18.1 Å². The number of nitrogen functional groups attached to an aromatic ring is 1. The van der Waals surface area contributed by atoms with Crippen LogP contribution in [0.4, 0.5) is 5.13 Å². The summed E-state index contributed by atoms with van der Waals surface area (Å²) in [6.07, 6.45) is 1.81. The maximum absolute atomic E-state index is 5.78. The van der Waals surface area contributed by atoms with Gasteiger partial charge >= 0.3 is 0 Å². The van der Waals surface area contributed by atoms with Crippen LogP contribution in [0.5, 0.6) is 5.75 Å². The molecule has 2 aromatic rings. The minimum absolute atomic E-state index is 0.552. The Morgan fingerprint density at radius 3 is 2.80 bits per heavy atom. The molecule has 2 N–H and O–H groups in total. The maximum Gasteiger partial charge on any atom is 0.181 e. The van der Waals surface area contributed by atoms with E-state index in [0.29, 0.717) is 17.7 Å². The molecule has 1 aromatic carbocycles. The van der Waals surface area contributed by atoms with Crippen molar-refractivity contribution in [2.24, 2.45) is 0 Å². The molecule has 0 aliphatic heterocycles. The monoisotopic (exact) mass is 308 g/mol. The number of aryl methyl sites for hydroxylation is 1. The average Bonchev–Trinajstić information content (AvgIpc) is 2.80. The van der Waals surface area contributed by atoms with Gasteiger partial charge in [-0.2, -0.15) is 0 Å². The van der Waals surface area contributed by atoms with Crippen LogP contribution < -0.4 is 10.5 Å². The summed E-state index contributed by atoms with van der Waals surface area (Å²) in [6, 6.07) is 6.33. The number of hydrogen-bond donors (Lipinski definition) is 1. The summed E-state index contributed by atoms with van der Waals surface area (Å²) >= 11 is 3.24. The predicted octanol–water partition coefficient (Wildman–Crippen LogP) is 4.33. The lowest BCUT2D eigenvalue weighted by Crippen LogP contribution is -2.01. The fraction of sp³-hybridized carbons (Fsp3) is 0.400. The minimum atomic E-state index is 0.552. The lowest BCUT2D eigenvalue weighted by atomic mass is 9.98. The van der Waals surface area contributed by atoms with E-state index in [1.165, 1.54) is 22.5 Å². The summed E-state index contributed by atoms with van der Waals surface area (Å²) in [6.45, 7) is 7.24. The van der Waals surface area contributed by atoms with Crippen molar-refractivity contribution in [3.8, 4) is 5.75 Å². The van der Waals surface area contributed by atoms with Gasteiger partial charge in [0, 0.05) is 5.75 Å². The van der Waals surface area contributed by atoms with Crippen LogP contribution in [0.15, 0.2) is 28.6 Å². The summed E-state index contributed by atoms with van der Waals surface area (Å²) in [5.74, 6) is 2.39. The van der Waals surface area contributed by atoms with E-state index in [1.807, 2.05) is 6.20 Å². The van der Waals surface area contributed by atoms with Crippen molar-refractivity contribution >= 4 is 28.2 Å². The molecule has 0 fully saturated rings. The molecule has 3 nitrogen and oxygen atoms in total. The van der Waals surface area contributed by atoms with Crippen LogP contribution in [-0.4, -0.2) is 17.3 Å². The van der Waals surface area contributed by atoms with E-state index >= 15 is 0 Å². The molecule has 1 heterocycles. The topological polar surface area (TPSA) is 48.1 Å². The standard InChI is InChI=1S/C15H20N2OS2/c1-10(2)13-5-4-12(8-11(13)3)18-6-7-19-14-9-17-15(16)20-14/h4-5,8-10H,6-7H2,1-3H3,(H2,16,17). The van der Waals surface area contributed by atoms with Gasteiger partial charge in [0.1, 0.15) is 5.75 Å². The van der Waals surface area contributed by atoms with Crippen LogP contribution in [0.2, 0.25) is 0 Å². The van der Waals surface area contributed by atoms with Crippen LogP contribution in [0.25, 0.3) is 0 Å². The fourth-order valence-corrected chi connectivity index (χ4v) is 3.68. The lowest BCUT2D eigenvalue weighted by molar-refractivity contribution is 0.343. The molecule has 1 aromatic heterocycles. The largest absolute Gasteiger partial charge is 0.493 e. The van der Waals surface area contributed by atoms with E-state index in [-0.39, 0.29) is 0 Å². The molecule has 0 spiro atoms. The number of nitrogens with two attached hydrogens (primary N) is 1. The molecule has 0 saturated carbocycles. The normalized spacial score (nSPS) is 11.0. The first-order chi connectivity index (χ1) is 9.56. The van der Waals surface area contributed by atoms with Crippen molar-refractivity contribution in [2.45, 2.75) is 30.9 Å². The fourth-order valence-electron chi connectivity index (χ4n) is 2.03. The van der Waals surface area contributed by atoms with Gasteiger partial charge < -0.3 is 10.5 Å². The summed E-state index contributed by atoms with van der Waals surface area (Å²) < 4.78 is 6.92. The summed E-state index contributed by atoms with van der Waals surface area (Å²) in [5, 5.41) is 0.619. The highest BCUT2D eigenvalue weighted by Crippen LogP contribution is 2.27. The van der Waals surface area contributed by atoms with Crippen LogP contribution in [-0.2, 0) is 0 Å². The number of nitrogens with zero attached hydrogens (tertiary/aromatic N) is 1. The van der Waals surface area contributed by atoms with Gasteiger partial charge in [0.2, 0.25) is 0 Å². The number of aromatic nitrogens is 1. The Morgan fingerprint density at radius 1 is 1.40 bits per heavy atom. The Balaban J connectivity index is 1.81. The van der Waals surface area contributed by atoms with E-state index in [2.05, 4.69) is 44.0 Å². The van der Waals surface area contributed by atoms with E-state index in [4.69, 9.17) is 10.5 Å². The quantitative estimate of drug-likeness (QED) is 0.637. The average molecular weight is 308 g/mol. The van der Waals surface area contributed by atoms with E-state index in [0.717, 1.165) is 15.7 Å². The second kappa shape index (κ2) is 6.99. The lowest BCUT2D eigenvalue weighted by Gasteiger charge is -2.12. The molecule has 2 rings (SSSR count). The number of ether oxygens (including phenoxy) is 1. The molecule has 0 atom stereocenters. The Morgan fingerprint density at radius 2 is 2.20 bits per heavy atom. The summed E-state index contributed by atoms with van der Waals surface area (Å²) in [5.41, 5.74) is 8.27. The smallest absolute Gasteiger partial charge is 0.181 e. The summed E-state index contributed by atoms with van der Waals surface area (Å²) in [4.78, 5) is 4.03. The zero-order valence-corrected chi connectivity index (χ0v) is 13.7. The molecule has 0 radical (unpaired) electrons. The van der Waals surface area contributed by atoms with E-state index in [1.54, 1.807) is 11.8 Å². The van der Waals surface area contributed by atoms with Crippen molar-refractivity contribution in [1.29, 1.82) is 0 Å². The SMILES string of the molecule is Cc1cc(OCCSc2cnc(N)s2)ccc1C(C)C. The second-order valence-electron chi connectivity index (χ2n) is 4.89. The van der Waals surface area contributed by atoms with Crippen molar-refractivity contribution in [1.82, 2.24) is 4.98 Å². The molecule has 5 heteroatoms. The van der Waals surface area contributed by atoms with Gasteiger partial charge in [-0.25, -0.2) is 4.98 Å². The zero-order chi connectivity index (χ0) is 14.5. The Hall–Kier alpha value is -1.20. The number of benzene rings is 1. The molecular weight excluding hydrogens is 288 g/mol. The number of rotatable bonds is 6. The van der Waals surface area contributed by atoms with Gasteiger partial charge in [0.25, 0.3) is 0 Å². The van der Waals surface area contributed by atoms with Gasteiger partial charge in [-0.1, -0.05) is 31.3 Å². The molecule has 108 valence electrons. The molecule has 0 bridgehead atoms. The number of thioether (sulfide) groups is 1. The van der Waals surface area contributed by atoms with Gasteiger partial charge in [-0.3, -0.25) is 0 Å². The number of thiazole rings is 1. The van der Waals surface area contributed by atoms with Crippen LogP contribution in [0.3, 0.4) is 0 Å². The highest BCUT2D eigenvalue weighted by molar-refractivity contribution is 8.01. The first-order valence-electron chi connectivity index (χ1n) is 6.63. The Bertz CT molecular complexity index is 567. The second-order valence-corrected chi connectivity index (χ2v) is 7.34. The van der Waals surface area contributed by atoms with Crippen molar-refractivity contribution in [3.63, 3.8) is 0 Å².